The summed E-state index contributed by atoms with van der Waals surface area (Å²) in [6.07, 6.45) is -2.06. The van der Waals surface area contributed by atoms with Crippen molar-refractivity contribution in [3.8, 4) is 0 Å². The smallest absolute Gasteiger partial charge is 0.398 e. The first-order valence-electron chi connectivity index (χ1n) is 6.60. The van der Waals surface area contributed by atoms with Crippen molar-refractivity contribution in [3.63, 3.8) is 0 Å². The lowest BCUT2D eigenvalue weighted by atomic mass is 10.1. The normalized spacial score (nSPS) is 11.4. The third-order valence-electron chi connectivity index (χ3n) is 2.93. The molecule has 3 N–H and O–H groups in total. The molecule has 7 heteroatoms. The number of hydrogen-bond donors (Lipinski definition) is 2. The molecule has 0 aliphatic rings. The number of carbonyl (C=O) groups excluding carboxylic acids is 1. The maximum Gasteiger partial charge on any atom is 0.418 e. The van der Waals surface area contributed by atoms with Crippen molar-refractivity contribution >= 4 is 11.6 Å². The van der Waals surface area contributed by atoms with Crippen LogP contribution in [0.2, 0.25) is 0 Å². The number of methoxy groups -OCH3 is 1. The van der Waals surface area contributed by atoms with Crippen LogP contribution in [0.1, 0.15) is 35.2 Å². The number of carbonyl (C=O) groups is 1. The van der Waals surface area contributed by atoms with Crippen LogP contribution in [0.4, 0.5) is 18.9 Å². The molecule has 0 aliphatic heterocycles. The average molecular weight is 304 g/mol. The molecule has 1 aromatic carbocycles. The molecule has 0 radical (unpaired) electrons. The second-order valence-electron chi connectivity index (χ2n) is 4.61. The molecule has 0 unspecified atom stereocenters. The molecule has 118 valence electrons. The first-order chi connectivity index (χ1) is 9.86. The van der Waals surface area contributed by atoms with Crippen molar-refractivity contribution < 1.29 is 22.7 Å². The van der Waals surface area contributed by atoms with E-state index in [9.17, 15) is 18.0 Å². The van der Waals surface area contributed by atoms with Crippen molar-refractivity contribution in [1.29, 1.82) is 0 Å². The third-order valence-corrected chi connectivity index (χ3v) is 2.93. The molecule has 0 saturated carbocycles. The van der Waals surface area contributed by atoms with E-state index < -0.39 is 23.3 Å². The minimum atomic E-state index is -4.57. The first-order valence-corrected chi connectivity index (χ1v) is 6.60. The summed E-state index contributed by atoms with van der Waals surface area (Å²) >= 11 is 0. The first kappa shape index (κ1) is 17.3. The van der Waals surface area contributed by atoms with Gasteiger partial charge in [-0.25, -0.2) is 0 Å². The van der Waals surface area contributed by atoms with E-state index in [0.29, 0.717) is 13.2 Å². The summed E-state index contributed by atoms with van der Waals surface area (Å²) in [5.74, 6) is -0.535. The molecular weight excluding hydrogens is 285 g/mol. The van der Waals surface area contributed by atoms with Gasteiger partial charge in [-0.3, -0.25) is 4.79 Å². The van der Waals surface area contributed by atoms with Gasteiger partial charge in [0.2, 0.25) is 0 Å². The third kappa shape index (κ3) is 5.63. The van der Waals surface area contributed by atoms with Crippen LogP contribution in [0.15, 0.2) is 18.2 Å². The summed E-state index contributed by atoms with van der Waals surface area (Å²) in [7, 11) is 1.61. The molecule has 0 fully saturated rings. The highest BCUT2D eigenvalue weighted by atomic mass is 19.4. The number of halogens is 3. The van der Waals surface area contributed by atoms with Gasteiger partial charge in [-0.05, 0) is 37.5 Å². The molecule has 1 aromatic rings. The van der Waals surface area contributed by atoms with Crippen LogP contribution in [-0.2, 0) is 10.9 Å². The zero-order valence-electron chi connectivity index (χ0n) is 11.8. The van der Waals surface area contributed by atoms with Gasteiger partial charge < -0.3 is 15.8 Å². The minimum absolute atomic E-state index is 0.0478. The number of nitrogens with two attached hydrogens (primary N) is 1. The molecule has 0 bridgehead atoms. The van der Waals surface area contributed by atoms with E-state index in [2.05, 4.69) is 5.32 Å². The molecule has 1 rings (SSSR count). The van der Waals surface area contributed by atoms with Crippen LogP contribution in [0.25, 0.3) is 0 Å². The van der Waals surface area contributed by atoms with Gasteiger partial charge in [0.1, 0.15) is 0 Å². The van der Waals surface area contributed by atoms with E-state index in [-0.39, 0.29) is 5.56 Å². The topological polar surface area (TPSA) is 64.3 Å². The summed E-state index contributed by atoms with van der Waals surface area (Å²) in [5.41, 5.74) is 3.85. The standard InChI is InChI=1S/C14H19F3N2O2/c1-21-8-4-2-3-7-19-13(20)10-5-6-12(18)11(9-10)14(15,16)17/h5-6,9H,2-4,7-8,18H2,1H3,(H,19,20). The lowest BCUT2D eigenvalue weighted by Gasteiger charge is -2.12. The molecule has 21 heavy (non-hydrogen) atoms. The van der Waals surface area contributed by atoms with E-state index in [4.69, 9.17) is 10.5 Å². The molecule has 1 amide bonds. The summed E-state index contributed by atoms with van der Waals surface area (Å²) < 4.78 is 43.0. The minimum Gasteiger partial charge on any atom is -0.398 e. The van der Waals surface area contributed by atoms with Gasteiger partial charge in [0.05, 0.1) is 5.56 Å². The van der Waals surface area contributed by atoms with Crippen LogP contribution in [-0.4, -0.2) is 26.2 Å². The molecular formula is C14H19F3N2O2. The Morgan fingerprint density at radius 1 is 1.29 bits per heavy atom. The maximum absolute atomic E-state index is 12.7. The number of unbranched alkanes of at least 4 members (excludes halogenated alkanes) is 2. The van der Waals surface area contributed by atoms with Crippen molar-refractivity contribution in [3.05, 3.63) is 29.3 Å². The van der Waals surface area contributed by atoms with Gasteiger partial charge in [0.25, 0.3) is 5.91 Å². The molecule has 4 nitrogen and oxygen atoms in total. The van der Waals surface area contributed by atoms with E-state index in [1.165, 1.54) is 6.07 Å². The molecule has 0 aromatic heterocycles. The largest absolute Gasteiger partial charge is 0.418 e. The van der Waals surface area contributed by atoms with Crippen LogP contribution < -0.4 is 11.1 Å². The van der Waals surface area contributed by atoms with Gasteiger partial charge in [-0.2, -0.15) is 13.2 Å². The number of nitrogen functional groups attached to an aromatic ring is 1. The Morgan fingerprint density at radius 2 is 2.00 bits per heavy atom. The summed E-state index contributed by atoms with van der Waals surface area (Å²) in [6, 6.07) is 3.15. The van der Waals surface area contributed by atoms with E-state index in [1.54, 1.807) is 7.11 Å². The maximum atomic E-state index is 12.7. The monoisotopic (exact) mass is 304 g/mol. The second kappa shape index (κ2) is 7.87. The predicted octanol–water partition coefficient (Wildman–Crippen LogP) is 2.83. The Hall–Kier alpha value is -1.76. The number of rotatable bonds is 7. The van der Waals surface area contributed by atoms with Crippen LogP contribution in [0, 0.1) is 0 Å². The number of ether oxygens (including phenoxy) is 1. The highest BCUT2D eigenvalue weighted by Crippen LogP contribution is 2.33. The van der Waals surface area contributed by atoms with Gasteiger partial charge in [0, 0.05) is 31.5 Å². The van der Waals surface area contributed by atoms with Crippen molar-refractivity contribution in [2.75, 3.05) is 26.0 Å². The molecule has 0 saturated heterocycles. The van der Waals surface area contributed by atoms with E-state index in [0.717, 1.165) is 31.4 Å². The van der Waals surface area contributed by atoms with Crippen molar-refractivity contribution in [2.45, 2.75) is 25.4 Å². The van der Waals surface area contributed by atoms with Gasteiger partial charge >= 0.3 is 6.18 Å². The Morgan fingerprint density at radius 3 is 2.62 bits per heavy atom. The lowest BCUT2D eigenvalue weighted by molar-refractivity contribution is -0.136. The number of amides is 1. The van der Waals surface area contributed by atoms with Crippen LogP contribution in [0.3, 0.4) is 0 Å². The molecule has 0 aliphatic carbocycles. The highest BCUT2D eigenvalue weighted by molar-refractivity contribution is 5.94. The van der Waals surface area contributed by atoms with E-state index >= 15 is 0 Å². The van der Waals surface area contributed by atoms with Crippen LogP contribution >= 0.6 is 0 Å². The molecule has 0 atom stereocenters. The number of nitrogens with one attached hydrogen (secondary N) is 1. The molecule has 0 spiro atoms. The fourth-order valence-electron chi connectivity index (χ4n) is 1.80. The zero-order chi connectivity index (χ0) is 15.9. The van der Waals surface area contributed by atoms with Crippen LogP contribution in [0.5, 0.6) is 0 Å². The number of anilines is 1. The van der Waals surface area contributed by atoms with Gasteiger partial charge in [-0.1, -0.05) is 0 Å². The number of benzene rings is 1. The Bertz CT molecular complexity index is 476. The highest BCUT2D eigenvalue weighted by Gasteiger charge is 2.33. The number of hydrogen-bond acceptors (Lipinski definition) is 3. The zero-order valence-corrected chi connectivity index (χ0v) is 11.8. The van der Waals surface area contributed by atoms with Gasteiger partial charge in [-0.15, -0.1) is 0 Å². The summed E-state index contributed by atoms with van der Waals surface area (Å²) in [4.78, 5) is 11.8. The SMILES string of the molecule is COCCCCCNC(=O)c1ccc(N)c(C(F)(F)F)c1. The predicted molar refractivity (Wildman–Crippen MR) is 73.9 cm³/mol. The van der Waals surface area contributed by atoms with E-state index in [1.807, 2.05) is 0 Å². The van der Waals surface area contributed by atoms with Crippen molar-refractivity contribution in [1.82, 2.24) is 5.32 Å². The number of alkyl halides is 3. The quantitative estimate of drug-likeness (QED) is 0.601. The second-order valence-corrected chi connectivity index (χ2v) is 4.61. The average Bonchev–Trinajstić information content (AvgIpc) is 2.41. The Labute approximate surface area is 121 Å². The van der Waals surface area contributed by atoms with Crippen molar-refractivity contribution in [2.24, 2.45) is 0 Å². The van der Waals surface area contributed by atoms with Gasteiger partial charge in [0.15, 0.2) is 0 Å². The lowest BCUT2D eigenvalue weighted by Crippen LogP contribution is -2.25. The fraction of sp³-hybridized carbons (Fsp3) is 0.500. The fourth-order valence-corrected chi connectivity index (χ4v) is 1.80. The summed E-state index contributed by atoms with van der Waals surface area (Å²) in [6.45, 7) is 1.06. The Kier molecular flexibility index (Phi) is 6.48. The Balaban J connectivity index is 2.55. The molecule has 0 heterocycles. The summed E-state index contributed by atoms with van der Waals surface area (Å²) in [5, 5.41) is 2.59.